The van der Waals surface area contributed by atoms with Crippen LogP contribution in [0.15, 0.2) is 42.7 Å². The molecule has 1 N–H and O–H groups in total. The smallest absolute Gasteiger partial charge is 0.176 e. The van der Waals surface area contributed by atoms with Gasteiger partial charge in [0.05, 0.1) is 12.2 Å². The summed E-state index contributed by atoms with van der Waals surface area (Å²) in [6, 6.07) is 9.26. The number of carbonyl (C=O) groups excluding carboxylic acids is 1. The number of hydrogen-bond acceptors (Lipinski definition) is 3. The van der Waals surface area contributed by atoms with E-state index in [0.29, 0.717) is 12.1 Å². The second-order valence-corrected chi connectivity index (χ2v) is 3.45. The summed E-state index contributed by atoms with van der Waals surface area (Å²) >= 11 is 0. The molecule has 0 bridgehead atoms. The number of nitrogens with zero attached hydrogens (tertiary/aromatic N) is 2. The van der Waals surface area contributed by atoms with Gasteiger partial charge in [-0.1, -0.05) is 0 Å². The molecule has 0 fully saturated rings. The highest BCUT2D eigenvalue weighted by Gasteiger charge is 2.04. The van der Waals surface area contributed by atoms with E-state index >= 15 is 0 Å². The molecule has 1 aromatic carbocycles. The van der Waals surface area contributed by atoms with Gasteiger partial charge in [0.15, 0.2) is 5.78 Å². The summed E-state index contributed by atoms with van der Waals surface area (Å²) in [6.07, 6.45) is 3.59. The van der Waals surface area contributed by atoms with E-state index in [1.807, 2.05) is 36.5 Å². The Morgan fingerprint density at radius 1 is 1.38 bits per heavy atom. The number of hydrogen-bond donors (Lipinski definition) is 1. The highest BCUT2D eigenvalue weighted by atomic mass is 16.1. The molecule has 1 heterocycles. The molecular weight excluding hydrogens is 202 g/mol. The summed E-state index contributed by atoms with van der Waals surface area (Å²) in [6.45, 7) is 0.362. The van der Waals surface area contributed by atoms with Crippen molar-refractivity contribution in [3.05, 3.63) is 48.3 Å². The number of likely N-dealkylation sites (N-methyl/N-ethyl adjacent to an activating group) is 1. The summed E-state index contributed by atoms with van der Waals surface area (Å²) in [7, 11) is 1.76. The maximum absolute atomic E-state index is 11.6. The second kappa shape index (κ2) is 4.72. The van der Waals surface area contributed by atoms with E-state index in [2.05, 4.69) is 10.4 Å². The van der Waals surface area contributed by atoms with E-state index < -0.39 is 0 Å². The Morgan fingerprint density at radius 2 is 2.12 bits per heavy atom. The molecule has 2 aromatic rings. The first kappa shape index (κ1) is 10.6. The minimum atomic E-state index is 0.0921. The van der Waals surface area contributed by atoms with Crippen LogP contribution in [0.5, 0.6) is 0 Å². The first-order valence-electron chi connectivity index (χ1n) is 5.09. The Balaban J connectivity index is 2.20. The zero-order valence-corrected chi connectivity index (χ0v) is 9.05. The van der Waals surface area contributed by atoms with Crippen LogP contribution >= 0.6 is 0 Å². The Labute approximate surface area is 93.9 Å². The molecule has 0 unspecified atom stereocenters. The van der Waals surface area contributed by atoms with E-state index in [0.717, 1.165) is 5.69 Å². The fourth-order valence-electron chi connectivity index (χ4n) is 1.48. The largest absolute Gasteiger partial charge is 0.313 e. The lowest BCUT2D eigenvalue weighted by atomic mass is 10.1. The molecule has 0 aliphatic rings. The van der Waals surface area contributed by atoms with Crippen molar-refractivity contribution in [2.75, 3.05) is 13.6 Å². The molecule has 0 aliphatic carbocycles. The van der Waals surface area contributed by atoms with Crippen molar-refractivity contribution < 1.29 is 4.79 Å². The van der Waals surface area contributed by atoms with Gasteiger partial charge < -0.3 is 5.32 Å². The van der Waals surface area contributed by atoms with Crippen molar-refractivity contribution in [2.45, 2.75) is 0 Å². The van der Waals surface area contributed by atoms with Gasteiger partial charge in [-0.3, -0.25) is 4.79 Å². The summed E-state index contributed by atoms with van der Waals surface area (Å²) in [5.41, 5.74) is 1.66. The molecule has 4 heteroatoms. The van der Waals surface area contributed by atoms with Crippen molar-refractivity contribution in [3.63, 3.8) is 0 Å². The third-order valence-electron chi connectivity index (χ3n) is 2.30. The van der Waals surface area contributed by atoms with Gasteiger partial charge in [0.2, 0.25) is 0 Å². The van der Waals surface area contributed by atoms with Crippen molar-refractivity contribution in [1.82, 2.24) is 15.1 Å². The van der Waals surface area contributed by atoms with Crippen LogP contribution in [0.25, 0.3) is 5.69 Å². The van der Waals surface area contributed by atoms with Gasteiger partial charge in [-0.2, -0.15) is 5.10 Å². The maximum atomic E-state index is 11.6. The standard InChI is InChI=1S/C12H13N3O/c1-13-9-12(16)10-3-5-11(6-4-10)15-8-2-7-14-15/h2-8,13H,9H2,1H3. The molecule has 82 valence electrons. The number of nitrogens with one attached hydrogen (secondary N) is 1. The first-order chi connectivity index (χ1) is 7.81. The maximum Gasteiger partial charge on any atom is 0.176 e. The molecule has 0 amide bonds. The van der Waals surface area contributed by atoms with Crippen LogP contribution in [0, 0.1) is 0 Å². The van der Waals surface area contributed by atoms with Gasteiger partial charge >= 0.3 is 0 Å². The number of carbonyl (C=O) groups is 1. The Hall–Kier alpha value is -1.94. The topological polar surface area (TPSA) is 46.9 Å². The highest BCUT2D eigenvalue weighted by molar-refractivity contribution is 5.97. The summed E-state index contributed by atoms with van der Waals surface area (Å²) in [5.74, 6) is 0.0921. The van der Waals surface area contributed by atoms with Crippen LogP contribution in [0.4, 0.5) is 0 Å². The van der Waals surface area contributed by atoms with Crippen molar-refractivity contribution in [2.24, 2.45) is 0 Å². The van der Waals surface area contributed by atoms with Gasteiger partial charge in [-0.25, -0.2) is 4.68 Å². The second-order valence-electron chi connectivity index (χ2n) is 3.45. The molecule has 16 heavy (non-hydrogen) atoms. The summed E-state index contributed by atoms with van der Waals surface area (Å²) in [5, 5.41) is 6.96. The number of Topliss-reactive ketones (excluding diaryl/α,β-unsaturated/α-hetero) is 1. The molecule has 1 aromatic heterocycles. The quantitative estimate of drug-likeness (QED) is 0.781. The van der Waals surface area contributed by atoms with Crippen LogP contribution in [-0.4, -0.2) is 29.2 Å². The Kier molecular flexibility index (Phi) is 3.12. The fraction of sp³-hybridized carbons (Fsp3) is 0.167. The highest BCUT2D eigenvalue weighted by Crippen LogP contribution is 2.08. The predicted molar refractivity (Wildman–Crippen MR) is 61.8 cm³/mol. The Morgan fingerprint density at radius 3 is 2.69 bits per heavy atom. The zero-order chi connectivity index (χ0) is 11.4. The monoisotopic (exact) mass is 215 g/mol. The molecular formula is C12H13N3O. The van der Waals surface area contributed by atoms with Gasteiger partial charge in [0, 0.05) is 18.0 Å². The van der Waals surface area contributed by atoms with E-state index in [4.69, 9.17) is 0 Å². The lowest BCUT2D eigenvalue weighted by Gasteiger charge is -2.03. The third-order valence-corrected chi connectivity index (χ3v) is 2.30. The molecule has 0 saturated heterocycles. The predicted octanol–water partition coefficient (Wildman–Crippen LogP) is 1.27. The first-order valence-corrected chi connectivity index (χ1v) is 5.09. The van der Waals surface area contributed by atoms with E-state index in [1.54, 1.807) is 17.9 Å². The molecule has 0 radical (unpaired) electrons. The summed E-state index contributed by atoms with van der Waals surface area (Å²) < 4.78 is 1.76. The van der Waals surface area contributed by atoms with Crippen molar-refractivity contribution in [1.29, 1.82) is 0 Å². The van der Waals surface area contributed by atoms with Crippen LogP contribution in [0.2, 0.25) is 0 Å². The lowest BCUT2D eigenvalue weighted by molar-refractivity contribution is 0.0993. The normalized spacial score (nSPS) is 10.3. The van der Waals surface area contributed by atoms with Gasteiger partial charge in [-0.15, -0.1) is 0 Å². The number of aromatic nitrogens is 2. The number of rotatable bonds is 4. The van der Waals surface area contributed by atoms with Crippen LogP contribution < -0.4 is 5.32 Å². The van der Waals surface area contributed by atoms with E-state index in [9.17, 15) is 4.79 Å². The van der Waals surface area contributed by atoms with Gasteiger partial charge in [-0.05, 0) is 37.4 Å². The minimum absolute atomic E-state index is 0.0921. The average molecular weight is 215 g/mol. The molecule has 4 nitrogen and oxygen atoms in total. The van der Waals surface area contributed by atoms with E-state index in [-0.39, 0.29) is 5.78 Å². The average Bonchev–Trinajstić information content (AvgIpc) is 2.83. The van der Waals surface area contributed by atoms with Gasteiger partial charge in [0.1, 0.15) is 0 Å². The fourth-order valence-corrected chi connectivity index (χ4v) is 1.48. The Bertz CT molecular complexity index is 460. The third kappa shape index (κ3) is 2.17. The number of benzene rings is 1. The summed E-state index contributed by atoms with van der Waals surface area (Å²) in [4.78, 5) is 11.6. The van der Waals surface area contributed by atoms with Crippen LogP contribution in [-0.2, 0) is 0 Å². The van der Waals surface area contributed by atoms with Crippen molar-refractivity contribution >= 4 is 5.78 Å². The molecule has 0 saturated carbocycles. The molecule has 0 aliphatic heterocycles. The van der Waals surface area contributed by atoms with Crippen molar-refractivity contribution in [3.8, 4) is 5.69 Å². The van der Waals surface area contributed by atoms with Crippen LogP contribution in [0.3, 0.4) is 0 Å². The SMILES string of the molecule is CNCC(=O)c1ccc(-n2cccn2)cc1. The van der Waals surface area contributed by atoms with Crippen LogP contribution in [0.1, 0.15) is 10.4 Å². The zero-order valence-electron chi connectivity index (χ0n) is 9.05. The molecule has 0 spiro atoms. The molecule has 0 atom stereocenters. The lowest BCUT2D eigenvalue weighted by Crippen LogP contribution is -2.18. The minimum Gasteiger partial charge on any atom is -0.313 e. The molecule has 2 rings (SSSR count). The van der Waals surface area contributed by atoms with Gasteiger partial charge in [0.25, 0.3) is 0 Å². The number of ketones is 1. The van der Waals surface area contributed by atoms with E-state index in [1.165, 1.54) is 0 Å².